The average molecular weight is 177 g/mol. The molecule has 1 aliphatic rings. The molecule has 0 aromatic carbocycles. The molecule has 66 valence electrons. The SMILES string of the molecule is CCS(=O)N1CCC[C@@H]1CO. The van der Waals surface area contributed by atoms with Gasteiger partial charge in [-0.2, -0.15) is 0 Å². The summed E-state index contributed by atoms with van der Waals surface area (Å²) >= 11 is 0. The fraction of sp³-hybridized carbons (Fsp3) is 1.00. The Hall–Kier alpha value is 0.0700. The summed E-state index contributed by atoms with van der Waals surface area (Å²) in [4.78, 5) is 0. The summed E-state index contributed by atoms with van der Waals surface area (Å²) < 4.78 is 13.2. The summed E-state index contributed by atoms with van der Waals surface area (Å²) in [5, 5.41) is 8.90. The molecule has 1 N–H and O–H groups in total. The summed E-state index contributed by atoms with van der Waals surface area (Å²) in [6.45, 7) is 2.93. The molecule has 11 heavy (non-hydrogen) atoms. The zero-order valence-corrected chi connectivity index (χ0v) is 7.64. The van der Waals surface area contributed by atoms with Crippen LogP contribution in [0.15, 0.2) is 0 Å². The van der Waals surface area contributed by atoms with E-state index in [0.29, 0.717) is 5.75 Å². The van der Waals surface area contributed by atoms with Crippen molar-refractivity contribution < 1.29 is 9.32 Å². The zero-order chi connectivity index (χ0) is 8.27. The number of nitrogens with zero attached hydrogens (tertiary/aromatic N) is 1. The molecule has 0 amide bonds. The van der Waals surface area contributed by atoms with Crippen molar-refractivity contribution in [2.75, 3.05) is 18.9 Å². The Morgan fingerprint density at radius 2 is 2.45 bits per heavy atom. The second-order valence-electron chi connectivity index (χ2n) is 2.73. The molecule has 1 unspecified atom stereocenters. The number of aliphatic hydroxyl groups excluding tert-OH is 1. The van der Waals surface area contributed by atoms with E-state index in [4.69, 9.17) is 5.11 Å². The molecule has 0 bridgehead atoms. The smallest absolute Gasteiger partial charge is 0.0943 e. The quantitative estimate of drug-likeness (QED) is 0.665. The molecule has 0 aromatic rings. The normalized spacial score (nSPS) is 29.1. The first-order valence-electron chi connectivity index (χ1n) is 4.05. The largest absolute Gasteiger partial charge is 0.395 e. The maximum Gasteiger partial charge on any atom is 0.0943 e. The van der Waals surface area contributed by atoms with Gasteiger partial charge in [0.25, 0.3) is 0 Å². The van der Waals surface area contributed by atoms with Gasteiger partial charge in [0.15, 0.2) is 0 Å². The lowest BCUT2D eigenvalue weighted by Crippen LogP contribution is -2.34. The lowest BCUT2D eigenvalue weighted by atomic mass is 10.2. The molecule has 1 rings (SSSR count). The van der Waals surface area contributed by atoms with Crippen molar-refractivity contribution in [3.05, 3.63) is 0 Å². The van der Waals surface area contributed by atoms with Crippen LogP contribution in [-0.2, 0) is 11.0 Å². The van der Waals surface area contributed by atoms with E-state index < -0.39 is 11.0 Å². The van der Waals surface area contributed by atoms with Crippen molar-refractivity contribution in [3.63, 3.8) is 0 Å². The van der Waals surface area contributed by atoms with Crippen molar-refractivity contribution in [1.29, 1.82) is 0 Å². The van der Waals surface area contributed by atoms with Gasteiger partial charge in [-0.1, -0.05) is 6.92 Å². The Balaban J connectivity index is 2.49. The van der Waals surface area contributed by atoms with E-state index in [9.17, 15) is 4.21 Å². The number of aliphatic hydroxyl groups is 1. The standard InChI is InChI=1S/C7H15NO2S/c1-2-11(10)8-5-3-4-7(8)6-9/h7,9H,2-6H2,1H3/t7-,11?/m1/s1. The number of rotatable bonds is 3. The topological polar surface area (TPSA) is 40.5 Å². The average Bonchev–Trinajstić information content (AvgIpc) is 2.50. The molecule has 2 atom stereocenters. The predicted octanol–water partition coefficient (Wildman–Crippen LogP) is 0.127. The van der Waals surface area contributed by atoms with Gasteiger partial charge in [-0.15, -0.1) is 0 Å². The summed E-state index contributed by atoms with van der Waals surface area (Å²) in [7, 11) is -0.859. The molecule has 1 fully saturated rings. The molecular formula is C7H15NO2S. The van der Waals surface area contributed by atoms with Crippen LogP contribution in [0.1, 0.15) is 19.8 Å². The highest BCUT2D eigenvalue weighted by Gasteiger charge is 2.26. The Bertz CT molecular complexity index is 151. The van der Waals surface area contributed by atoms with Crippen LogP contribution in [0.3, 0.4) is 0 Å². The minimum Gasteiger partial charge on any atom is -0.395 e. The first kappa shape index (κ1) is 9.16. The Morgan fingerprint density at radius 3 is 3.00 bits per heavy atom. The lowest BCUT2D eigenvalue weighted by Gasteiger charge is -2.20. The van der Waals surface area contributed by atoms with Crippen molar-refractivity contribution in [3.8, 4) is 0 Å². The van der Waals surface area contributed by atoms with Crippen molar-refractivity contribution in [2.24, 2.45) is 0 Å². The monoisotopic (exact) mass is 177 g/mol. The molecule has 1 heterocycles. The Morgan fingerprint density at radius 1 is 1.73 bits per heavy atom. The highest BCUT2D eigenvalue weighted by Crippen LogP contribution is 2.18. The summed E-state index contributed by atoms with van der Waals surface area (Å²) in [6.07, 6.45) is 2.05. The van der Waals surface area contributed by atoms with Gasteiger partial charge < -0.3 is 5.11 Å². The van der Waals surface area contributed by atoms with Crippen molar-refractivity contribution in [2.45, 2.75) is 25.8 Å². The van der Waals surface area contributed by atoms with Gasteiger partial charge in [0.1, 0.15) is 0 Å². The molecule has 1 saturated heterocycles. The molecule has 4 heteroatoms. The van der Waals surface area contributed by atoms with Crippen LogP contribution >= 0.6 is 0 Å². The van der Waals surface area contributed by atoms with Gasteiger partial charge in [0, 0.05) is 18.3 Å². The first-order chi connectivity index (χ1) is 5.29. The third kappa shape index (κ3) is 2.01. The van der Waals surface area contributed by atoms with Crippen LogP contribution in [-0.4, -0.2) is 38.6 Å². The Labute approximate surface area is 70.0 Å². The van der Waals surface area contributed by atoms with Gasteiger partial charge in [-0.05, 0) is 12.8 Å². The van der Waals surface area contributed by atoms with Crippen LogP contribution < -0.4 is 0 Å². The maximum atomic E-state index is 11.3. The van der Waals surface area contributed by atoms with E-state index >= 15 is 0 Å². The maximum absolute atomic E-state index is 11.3. The van der Waals surface area contributed by atoms with Gasteiger partial charge in [0.2, 0.25) is 0 Å². The molecular weight excluding hydrogens is 162 g/mol. The number of hydrogen-bond donors (Lipinski definition) is 1. The van der Waals surface area contributed by atoms with E-state index in [-0.39, 0.29) is 12.6 Å². The third-order valence-corrected chi connectivity index (χ3v) is 3.54. The van der Waals surface area contributed by atoms with E-state index in [1.807, 2.05) is 11.2 Å². The van der Waals surface area contributed by atoms with Crippen LogP contribution in [0, 0.1) is 0 Å². The zero-order valence-electron chi connectivity index (χ0n) is 6.82. The fourth-order valence-corrected chi connectivity index (χ4v) is 2.59. The molecule has 0 aliphatic carbocycles. The second kappa shape index (κ2) is 4.18. The summed E-state index contributed by atoms with van der Waals surface area (Å²) in [5.74, 6) is 0.663. The molecule has 1 aliphatic heterocycles. The van der Waals surface area contributed by atoms with Gasteiger partial charge >= 0.3 is 0 Å². The highest BCUT2D eigenvalue weighted by atomic mass is 32.2. The fourth-order valence-electron chi connectivity index (χ4n) is 1.43. The van der Waals surface area contributed by atoms with E-state index in [2.05, 4.69) is 0 Å². The van der Waals surface area contributed by atoms with Crippen LogP contribution in [0.25, 0.3) is 0 Å². The summed E-state index contributed by atoms with van der Waals surface area (Å²) in [5.41, 5.74) is 0. The molecule has 0 saturated carbocycles. The molecule has 0 spiro atoms. The van der Waals surface area contributed by atoms with Crippen LogP contribution in [0.5, 0.6) is 0 Å². The predicted molar refractivity (Wildman–Crippen MR) is 45.5 cm³/mol. The van der Waals surface area contributed by atoms with Crippen molar-refractivity contribution in [1.82, 2.24) is 4.31 Å². The molecule has 3 nitrogen and oxygen atoms in total. The van der Waals surface area contributed by atoms with Crippen molar-refractivity contribution >= 4 is 11.0 Å². The Kier molecular flexibility index (Phi) is 3.48. The van der Waals surface area contributed by atoms with E-state index in [1.54, 1.807) is 0 Å². The van der Waals surface area contributed by atoms with Crippen LogP contribution in [0.4, 0.5) is 0 Å². The lowest BCUT2D eigenvalue weighted by molar-refractivity contribution is 0.217. The van der Waals surface area contributed by atoms with Gasteiger partial charge in [0.05, 0.1) is 17.6 Å². The minimum absolute atomic E-state index is 0.145. The summed E-state index contributed by atoms with van der Waals surface area (Å²) in [6, 6.07) is 0.149. The third-order valence-electron chi connectivity index (χ3n) is 2.04. The van der Waals surface area contributed by atoms with Gasteiger partial charge in [-0.25, -0.2) is 8.51 Å². The second-order valence-corrected chi connectivity index (χ2v) is 4.42. The van der Waals surface area contributed by atoms with Gasteiger partial charge in [-0.3, -0.25) is 0 Å². The minimum atomic E-state index is -0.859. The molecule has 0 radical (unpaired) electrons. The van der Waals surface area contributed by atoms with Crippen LogP contribution in [0.2, 0.25) is 0 Å². The number of hydrogen-bond acceptors (Lipinski definition) is 2. The highest BCUT2D eigenvalue weighted by molar-refractivity contribution is 7.82. The first-order valence-corrected chi connectivity index (χ1v) is 5.33. The van der Waals surface area contributed by atoms with E-state index in [1.165, 1.54) is 0 Å². The molecule has 0 aromatic heterocycles. The van der Waals surface area contributed by atoms with E-state index in [0.717, 1.165) is 19.4 Å².